The lowest BCUT2D eigenvalue weighted by Crippen LogP contribution is -2.29. The van der Waals surface area contributed by atoms with E-state index in [0.717, 1.165) is 6.07 Å². The summed E-state index contributed by atoms with van der Waals surface area (Å²) in [6.07, 6.45) is 2.34. The molecule has 0 radical (unpaired) electrons. The zero-order valence-electron chi connectivity index (χ0n) is 9.69. The molecule has 0 amide bonds. The van der Waals surface area contributed by atoms with Gasteiger partial charge in [-0.05, 0) is 36.8 Å². The van der Waals surface area contributed by atoms with Crippen LogP contribution in [0.2, 0.25) is 0 Å². The van der Waals surface area contributed by atoms with Crippen LogP contribution in [0.4, 0.5) is 4.39 Å². The molecule has 0 bridgehead atoms. The van der Waals surface area contributed by atoms with E-state index in [2.05, 4.69) is 4.72 Å². The van der Waals surface area contributed by atoms with Gasteiger partial charge in [0.25, 0.3) is 0 Å². The van der Waals surface area contributed by atoms with E-state index in [1.807, 2.05) is 6.92 Å². The molecule has 0 aliphatic heterocycles. The maximum atomic E-state index is 13.4. The van der Waals surface area contributed by atoms with Gasteiger partial charge in [0.1, 0.15) is 10.7 Å². The van der Waals surface area contributed by atoms with Crippen molar-refractivity contribution in [2.75, 3.05) is 6.54 Å². The van der Waals surface area contributed by atoms with Crippen LogP contribution in [0.5, 0.6) is 0 Å². The monoisotopic (exact) mass is 257 g/mol. The van der Waals surface area contributed by atoms with Gasteiger partial charge in [-0.25, -0.2) is 17.5 Å². The molecule has 1 N–H and O–H groups in total. The van der Waals surface area contributed by atoms with E-state index in [4.69, 9.17) is 0 Å². The Morgan fingerprint density at radius 2 is 2.06 bits per heavy atom. The molecule has 5 heteroatoms. The number of halogens is 1. The summed E-state index contributed by atoms with van der Waals surface area (Å²) in [7, 11) is -3.72. The molecule has 1 unspecified atom stereocenters. The zero-order chi connectivity index (χ0) is 12.5. The molecule has 0 spiro atoms. The van der Waals surface area contributed by atoms with Crippen LogP contribution < -0.4 is 4.72 Å². The highest BCUT2D eigenvalue weighted by molar-refractivity contribution is 7.89. The third-order valence-electron chi connectivity index (χ3n) is 3.15. The molecule has 1 aromatic carbocycles. The smallest absolute Gasteiger partial charge is 0.211 e. The minimum absolute atomic E-state index is 0.275. The van der Waals surface area contributed by atoms with E-state index in [-0.39, 0.29) is 4.90 Å². The second-order valence-corrected chi connectivity index (χ2v) is 6.33. The Bertz CT molecular complexity index is 497. The van der Waals surface area contributed by atoms with Crippen LogP contribution in [-0.4, -0.2) is 15.0 Å². The van der Waals surface area contributed by atoms with Crippen LogP contribution in [0.1, 0.15) is 19.8 Å². The average Bonchev–Trinajstić information content (AvgIpc) is 3.10. The Morgan fingerprint density at radius 3 is 2.65 bits per heavy atom. The number of benzene rings is 1. The molecular formula is C12H16FNO2S. The fourth-order valence-corrected chi connectivity index (χ4v) is 3.03. The number of hydrogen-bond donors (Lipinski definition) is 1. The summed E-state index contributed by atoms with van der Waals surface area (Å²) in [5, 5.41) is 0. The Kier molecular flexibility index (Phi) is 3.49. The van der Waals surface area contributed by atoms with Gasteiger partial charge in [-0.1, -0.05) is 19.1 Å². The summed E-state index contributed by atoms with van der Waals surface area (Å²) in [4.78, 5) is -0.275. The van der Waals surface area contributed by atoms with E-state index in [9.17, 15) is 12.8 Å². The first-order valence-electron chi connectivity index (χ1n) is 5.75. The summed E-state index contributed by atoms with van der Waals surface area (Å²) in [5.41, 5.74) is 0. The van der Waals surface area contributed by atoms with E-state index >= 15 is 0 Å². The maximum absolute atomic E-state index is 13.4. The summed E-state index contributed by atoms with van der Waals surface area (Å²) in [6.45, 7) is 2.39. The molecule has 1 aromatic rings. The Hall–Kier alpha value is -0.940. The molecule has 0 heterocycles. The summed E-state index contributed by atoms with van der Waals surface area (Å²) < 4.78 is 39.5. The molecule has 1 aliphatic carbocycles. The predicted octanol–water partition coefficient (Wildman–Crippen LogP) is 2.15. The van der Waals surface area contributed by atoms with E-state index < -0.39 is 15.8 Å². The van der Waals surface area contributed by atoms with E-state index in [1.165, 1.54) is 31.0 Å². The van der Waals surface area contributed by atoms with Crippen molar-refractivity contribution in [3.63, 3.8) is 0 Å². The molecule has 94 valence electrons. The fourth-order valence-electron chi connectivity index (χ4n) is 1.81. The van der Waals surface area contributed by atoms with Gasteiger partial charge in [-0.2, -0.15) is 0 Å². The highest BCUT2D eigenvalue weighted by Crippen LogP contribution is 2.36. The number of hydrogen-bond acceptors (Lipinski definition) is 2. The molecule has 17 heavy (non-hydrogen) atoms. The first kappa shape index (κ1) is 12.5. The van der Waals surface area contributed by atoms with Crippen molar-refractivity contribution in [1.29, 1.82) is 0 Å². The van der Waals surface area contributed by atoms with Crippen molar-refractivity contribution in [2.45, 2.75) is 24.7 Å². The highest BCUT2D eigenvalue weighted by atomic mass is 32.2. The van der Waals surface area contributed by atoms with Crippen molar-refractivity contribution >= 4 is 10.0 Å². The normalized spacial score (nSPS) is 18.0. The van der Waals surface area contributed by atoms with Crippen molar-refractivity contribution in [3.05, 3.63) is 30.1 Å². The predicted molar refractivity (Wildman–Crippen MR) is 63.5 cm³/mol. The SMILES string of the molecule is CC(CNS(=O)(=O)c1ccccc1F)C1CC1. The maximum Gasteiger partial charge on any atom is 0.243 e. The lowest BCUT2D eigenvalue weighted by Gasteiger charge is -2.12. The lowest BCUT2D eigenvalue weighted by atomic mass is 10.1. The zero-order valence-corrected chi connectivity index (χ0v) is 10.5. The first-order valence-corrected chi connectivity index (χ1v) is 7.23. The van der Waals surface area contributed by atoms with Crippen LogP contribution >= 0.6 is 0 Å². The summed E-state index contributed by atoms with van der Waals surface area (Å²) in [5.74, 6) is 0.231. The van der Waals surface area contributed by atoms with Crippen LogP contribution in [0.3, 0.4) is 0 Å². The minimum Gasteiger partial charge on any atom is -0.211 e. The number of nitrogens with one attached hydrogen (secondary N) is 1. The van der Waals surface area contributed by atoms with Crippen LogP contribution in [0.15, 0.2) is 29.2 Å². The van der Waals surface area contributed by atoms with Gasteiger partial charge >= 0.3 is 0 Å². The van der Waals surface area contributed by atoms with Crippen molar-refractivity contribution in [3.8, 4) is 0 Å². The summed E-state index contributed by atoms with van der Waals surface area (Å²) in [6, 6.07) is 5.42. The first-order chi connectivity index (χ1) is 8.00. The molecule has 1 aliphatic rings. The average molecular weight is 257 g/mol. The Balaban J connectivity index is 2.05. The molecule has 1 saturated carbocycles. The second-order valence-electron chi connectivity index (χ2n) is 4.60. The highest BCUT2D eigenvalue weighted by Gasteiger charge is 2.29. The van der Waals surface area contributed by atoms with Gasteiger partial charge in [-0.15, -0.1) is 0 Å². The molecule has 3 nitrogen and oxygen atoms in total. The van der Waals surface area contributed by atoms with Gasteiger partial charge in [0.15, 0.2) is 0 Å². The van der Waals surface area contributed by atoms with E-state index in [1.54, 1.807) is 0 Å². The van der Waals surface area contributed by atoms with Crippen molar-refractivity contribution < 1.29 is 12.8 Å². The van der Waals surface area contributed by atoms with Gasteiger partial charge in [0.2, 0.25) is 10.0 Å². The molecule has 0 saturated heterocycles. The third-order valence-corrected chi connectivity index (χ3v) is 4.61. The van der Waals surface area contributed by atoms with Crippen LogP contribution in [0.25, 0.3) is 0 Å². The molecular weight excluding hydrogens is 241 g/mol. The van der Waals surface area contributed by atoms with Gasteiger partial charge in [0, 0.05) is 6.54 Å². The molecule has 1 atom stereocenters. The van der Waals surface area contributed by atoms with Crippen LogP contribution in [0, 0.1) is 17.7 Å². The second kappa shape index (κ2) is 4.74. The molecule has 0 aromatic heterocycles. The van der Waals surface area contributed by atoms with Crippen molar-refractivity contribution in [1.82, 2.24) is 4.72 Å². The van der Waals surface area contributed by atoms with E-state index in [0.29, 0.717) is 18.4 Å². The van der Waals surface area contributed by atoms with Gasteiger partial charge in [-0.3, -0.25) is 0 Å². The van der Waals surface area contributed by atoms with Gasteiger partial charge < -0.3 is 0 Å². The largest absolute Gasteiger partial charge is 0.243 e. The van der Waals surface area contributed by atoms with Crippen molar-refractivity contribution in [2.24, 2.45) is 11.8 Å². The fraction of sp³-hybridized carbons (Fsp3) is 0.500. The quantitative estimate of drug-likeness (QED) is 0.878. The number of rotatable bonds is 5. The molecule has 1 fully saturated rings. The van der Waals surface area contributed by atoms with Crippen LogP contribution in [-0.2, 0) is 10.0 Å². The standard InChI is InChI=1S/C12H16FNO2S/c1-9(10-6-7-10)8-14-17(15,16)12-5-3-2-4-11(12)13/h2-5,9-10,14H,6-8H2,1H3. The number of sulfonamides is 1. The topological polar surface area (TPSA) is 46.2 Å². The third kappa shape index (κ3) is 3.04. The lowest BCUT2D eigenvalue weighted by molar-refractivity contribution is 0.489. The Morgan fingerprint density at radius 1 is 1.41 bits per heavy atom. The van der Waals surface area contributed by atoms with Gasteiger partial charge in [0.05, 0.1) is 0 Å². The summed E-state index contributed by atoms with van der Waals surface area (Å²) >= 11 is 0. The Labute approximate surface area is 101 Å². The molecule has 2 rings (SSSR count). The minimum atomic E-state index is -3.72.